The Labute approximate surface area is 126 Å². The van der Waals surface area contributed by atoms with E-state index < -0.39 is 0 Å². The van der Waals surface area contributed by atoms with E-state index in [0.29, 0.717) is 11.3 Å². The van der Waals surface area contributed by atoms with Gasteiger partial charge in [-0.2, -0.15) is 0 Å². The zero-order valence-corrected chi connectivity index (χ0v) is 11.7. The van der Waals surface area contributed by atoms with Crippen LogP contribution in [0.15, 0.2) is 61.1 Å². The van der Waals surface area contributed by atoms with E-state index in [0.717, 1.165) is 5.65 Å². The lowest BCUT2D eigenvalue weighted by Gasteiger charge is -2.07. The second-order valence-electron chi connectivity index (χ2n) is 4.71. The molecule has 3 aromatic rings. The number of rotatable bonds is 4. The molecule has 0 saturated heterocycles. The predicted molar refractivity (Wildman–Crippen MR) is 82.6 cm³/mol. The highest BCUT2D eigenvalue weighted by atomic mass is 16.2. The third-order valence-electron chi connectivity index (χ3n) is 3.12. The second-order valence-corrected chi connectivity index (χ2v) is 4.71. The average molecular weight is 294 g/mol. The van der Waals surface area contributed by atoms with E-state index in [1.165, 1.54) is 0 Å². The first-order valence-electron chi connectivity index (χ1n) is 6.78. The van der Waals surface area contributed by atoms with E-state index in [-0.39, 0.29) is 18.4 Å². The molecule has 6 heteroatoms. The Morgan fingerprint density at radius 1 is 1.09 bits per heavy atom. The Kier molecular flexibility index (Phi) is 3.82. The number of hydrogen-bond donors (Lipinski definition) is 2. The number of nitrogens with one attached hydrogen (secondary N) is 2. The molecule has 0 aliphatic heterocycles. The number of nitrogens with zero attached hydrogens (tertiary/aromatic N) is 2. The zero-order valence-electron chi connectivity index (χ0n) is 11.7. The Bertz CT molecular complexity index is 811. The van der Waals surface area contributed by atoms with Gasteiger partial charge in [0.25, 0.3) is 5.91 Å². The van der Waals surface area contributed by atoms with Gasteiger partial charge in [0.05, 0.1) is 12.2 Å². The van der Waals surface area contributed by atoms with Crippen molar-refractivity contribution >= 4 is 23.1 Å². The molecule has 0 fully saturated rings. The summed E-state index contributed by atoms with van der Waals surface area (Å²) in [5, 5.41) is 5.31. The lowest BCUT2D eigenvalue weighted by molar-refractivity contribution is -0.115. The number of fused-ring (bicyclic) bond motifs is 1. The summed E-state index contributed by atoms with van der Waals surface area (Å²) in [7, 11) is 0. The van der Waals surface area contributed by atoms with Gasteiger partial charge in [-0.25, -0.2) is 4.98 Å². The molecule has 2 heterocycles. The number of carbonyl (C=O) groups excluding carboxylic acids is 2. The Hall–Kier alpha value is -3.15. The van der Waals surface area contributed by atoms with Crippen LogP contribution in [0.2, 0.25) is 0 Å². The van der Waals surface area contributed by atoms with Gasteiger partial charge in [0.2, 0.25) is 5.91 Å². The summed E-state index contributed by atoms with van der Waals surface area (Å²) in [6.45, 7) is -0.0876. The molecule has 1 aromatic carbocycles. The van der Waals surface area contributed by atoms with Crippen LogP contribution in [0, 0.1) is 0 Å². The second kappa shape index (κ2) is 6.09. The molecular weight excluding hydrogens is 280 g/mol. The summed E-state index contributed by atoms with van der Waals surface area (Å²) < 4.78 is 1.80. The molecule has 2 N–H and O–H groups in total. The Balaban J connectivity index is 1.57. The molecule has 2 amide bonds. The van der Waals surface area contributed by atoms with E-state index >= 15 is 0 Å². The van der Waals surface area contributed by atoms with Gasteiger partial charge >= 0.3 is 0 Å². The van der Waals surface area contributed by atoms with Crippen LogP contribution < -0.4 is 10.6 Å². The van der Waals surface area contributed by atoms with Crippen LogP contribution in [0.4, 0.5) is 5.69 Å². The molecule has 0 aliphatic carbocycles. The molecule has 0 spiro atoms. The molecule has 0 atom stereocenters. The van der Waals surface area contributed by atoms with Crippen molar-refractivity contribution < 1.29 is 9.59 Å². The van der Waals surface area contributed by atoms with Crippen molar-refractivity contribution in [1.82, 2.24) is 14.7 Å². The number of anilines is 1. The van der Waals surface area contributed by atoms with Crippen molar-refractivity contribution in [1.29, 1.82) is 0 Å². The Morgan fingerprint density at radius 3 is 2.73 bits per heavy atom. The highest BCUT2D eigenvalue weighted by molar-refractivity contribution is 5.99. The highest BCUT2D eigenvalue weighted by Gasteiger charge is 2.08. The van der Waals surface area contributed by atoms with Crippen molar-refractivity contribution in [2.45, 2.75) is 0 Å². The van der Waals surface area contributed by atoms with Crippen LogP contribution in [-0.2, 0) is 4.79 Å². The Morgan fingerprint density at radius 2 is 1.91 bits per heavy atom. The van der Waals surface area contributed by atoms with Crippen molar-refractivity contribution in [2.75, 3.05) is 11.9 Å². The number of hydrogen-bond acceptors (Lipinski definition) is 3. The van der Waals surface area contributed by atoms with Gasteiger partial charge in [0.15, 0.2) is 0 Å². The maximum absolute atomic E-state index is 11.9. The van der Waals surface area contributed by atoms with E-state index in [2.05, 4.69) is 15.6 Å². The van der Waals surface area contributed by atoms with Crippen LogP contribution in [0.1, 0.15) is 10.4 Å². The molecule has 22 heavy (non-hydrogen) atoms. The van der Waals surface area contributed by atoms with Gasteiger partial charge in [-0.15, -0.1) is 0 Å². The SMILES string of the molecule is O=C(CNC(=O)c1ccccc1)Nc1ccc2nccn2c1. The third-order valence-corrected chi connectivity index (χ3v) is 3.12. The van der Waals surface area contributed by atoms with Crippen LogP contribution in [0.5, 0.6) is 0 Å². The molecule has 110 valence electrons. The summed E-state index contributed by atoms with van der Waals surface area (Å²) in [6, 6.07) is 12.3. The van der Waals surface area contributed by atoms with Crippen LogP contribution in [0.3, 0.4) is 0 Å². The van der Waals surface area contributed by atoms with Crippen molar-refractivity contribution in [3.63, 3.8) is 0 Å². The smallest absolute Gasteiger partial charge is 0.251 e. The number of imidazole rings is 1. The van der Waals surface area contributed by atoms with Gasteiger partial charge in [0.1, 0.15) is 5.65 Å². The molecular formula is C16H14N4O2. The van der Waals surface area contributed by atoms with Crippen LogP contribution in [-0.4, -0.2) is 27.7 Å². The van der Waals surface area contributed by atoms with E-state index in [1.807, 2.05) is 6.07 Å². The number of benzene rings is 1. The fourth-order valence-corrected chi connectivity index (χ4v) is 2.05. The molecule has 0 saturated carbocycles. The maximum Gasteiger partial charge on any atom is 0.251 e. The van der Waals surface area contributed by atoms with Crippen LogP contribution in [0.25, 0.3) is 5.65 Å². The number of amides is 2. The molecule has 0 radical (unpaired) electrons. The first-order chi connectivity index (χ1) is 10.7. The summed E-state index contributed by atoms with van der Waals surface area (Å²) in [5.74, 6) is -0.565. The molecule has 0 unspecified atom stereocenters. The maximum atomic E-state index is 11.9. The molecule has 3 rings (SSSR count). The summed E-state index contributed by atoms with van der Waals surface area (Å²) in [5.41, 5.74) is 1.97. The minimum atomic E-state index is -0.288. The minimum absolute atomic E-state index is 0.0876. The molecule has 0 aliphatic rings. The predicted octanol–water partition coefficient (Wildman–Crippen LogP) is 1.70. The normalized spacial score (nSPS) is 10.4. The van der Waals surface area contributed by atoms with Gasteiger partial charge in [0, 0.05) is 24.2 Å². The first kappa shape index (κ1) is 13.8. The molecule has 6 nitrogen and oxygen atoms in total. The fraction of sp³-hybridized carbons (Fsp3) is 0.0625. The van der Waals surface area contributed by atoms with Crippen LogP contribution >= 0.6 is 0 Å². The minimum Gasteiger partial charge on any atom is -0.343 e. The van der Waals surface area contributed by atoms with Crippen molar-refractivity contribution in [2.24, 2.45) is 0 Å². The topological polar surface area (TPSA) is 75.5 Å². The summed E-state index contributed by atoms with van der Waals surface area (Å²) in [6.07, 6.45) is 5.24. The van der Waals surface area contributed by atoms with Gasteiger partial charge in [-0.05, 0) is 24.3 Å². The largest absolute Gasteiger partial charge is 0.343 e. The lowest BCUT2D eigenvalue weighted by Crippen LogP contribution is -2.32. The summed E-state index contributed by atoms with van der Waals surface area (Å²) >= 11 is 0. The molecule has 0 bridgehead atoms. The van der Waals surface area contributed by atoms with Gasteiger partial charge in [-0.1, -0.05) is 18.2 Å². The standard InChI is InChI=1S/C16H14N4O2/c21-15(10-18-16(22)12-4-2-1-3-5-12)19-13-6-7-14-17-8-9-20(14)11-13/h1-9,11H,10H2,(H,18,22)(H,19,21). The van der Waals surface area contributed by atoms with Gasteiger partial charge < -0.3 is 15.0 Å². The van der Waals surface area contributed by atoms with Gasteiger partial charge in [-0.3, -0.25) is 9.59 Å². The monoisotopic (exact) mass is 294 g/mol. The first-order valence-corrected chi connectivity index (χ1v) is 6.78. The quantitative estimate of drug-likeness (QED) is 0.769. The lowest BCUT2D eigenvalue weighted by atomic mass is 10.2. The number of aromatic nitrogens is 2. The van der Waals surface area contributed by atoms with E-state index in [1.54, 1.807) is 59.4 Å². The highest BCUT2D eigenvalue weighted by Crippen LogP contribution is 2.09. The van der Waals surface area contributed by atoms with E-state index in [4.69, 9.17) is 0 Å². The number of pyridine rings is 1. The van der Waals surface area contributed by atoms with Crippen molar-refractivity contribution in [3.05, 3.63) is 66.6 Å². The van der Waals surface area contributed by atoms with E-state index in [9.17, 15) is 9.59 Å². The fourth-order valence-electron chi connectivity index (χ4n) is 2.05. The molecule has 2 aromatic heterocycles. The third kappa shape index (κ3) is 3.12. The number of carbonyl (C=O) groups is 2. The average Bonchev–Trinajstić information content (AvgIpc) is 3.01. The van der Waals surface area contributed by atoms with Crippen molar-refractivity contribution in [3.8, 4) is 0 Å². The zero-order chi connectivity index (χ0) is 15.4. The summed E-state index contributed by atoms with van der Waals surface area (Å²) in [4.78, 5) is 27.8.